The van der Waals surface area contributed by atoms with Crippen LogP contribution in [0.25, 0.3) is 0 Å². The fourth-order valence-electron chi connectivity index (χ4n) is 1.92. The Bertz CT molecular complexity index is 378. The zero-order valence-electron chi connectivity index (χ0n) is 9.10. The molecule has 0 aliphatic heterocycles. The van der Waals surface area contributed by atoms with Gasteiger partial charge in [0, 0.05) is 23.2 Å². The number of nitrogens with zero attached hydrogens (tertiary/aromatic N) is 2. The van der Waals surface area contributed by atoms with Crippen LogP contribution in [0.5, 0.6) is 0 Å². The molecule has 1 N–H and O–H groups in total. The molecular weight excluding hydrogens is 192 g/mol. The van der Waals surface area contributed by atoms with Crippen molar-refractivity contribution in [3.8, 4) is 0 Å². The predicted molar refractivity (Wildman–Crippen MR) is 55.9 cm³/mol. The third-order valence-corrected chi connectivity index (χ3v) is 2.71. The van der Waals surface area contributed by atoms with Gasteiger partial charge in [0.1, 0.15) is 0 Å². The monoisotopic (exact) mass is 208 g/mol. The van der Waals surface area contributed by atoms with E-state index in [0.717, 1.165) is 11.3 Å². The van der Waals surface area contributed by atoms with Crippen LogP contribution in [0, 0.1) is 0 Å². The van der Waals surface area contributed by atoms with E-state index in [9.17, 15) is 4.79 Å². The zero-order chi connectivity index (χ0) is 11.0. The van der Waals surface area contributed by atoms with Crippen LogP contribution in [0.4, 0.5) is 0 Å². The third kappa shape index (κ3) is 2.03. The highest BCUT2D eigenvalue weighted by Crippen LogP contribution is 2.42. The van der Waals surface area contributed by atoms with Crippen LogP contribution in [-0.2, 0) is 11.2 Å². The Labute approximate surface area is 88.9 Å². The highest BCUT2D eigenvalue weighted by molar-refractivity contribution is 5.70. The first-order valence-corrected chi connectivity index (χ1v) is 5.37. The summed E-state index contributed by atoms with van der Waals surface area (Å²) >= 11 is 0. The molecule has 0 bridgehead atoms. The van der Waals surface area contributed by atoms with Crippen molar-refractivity contribution in [3.63, 3.8) is 0 Å². The number of aromatic nitrogens is 2. The van der Waals surface area contributed by atoms with Crippen molar-refractivity contribution in [2.24, 2.45) is 0 Å². The number of aliphatic carboxylic acids is 1. The van der Waals surface area contributed by atoms with Crippen LogP contribution in [-0.4, -0.2) is 20.9 Å². The lowest BCUT2D eigenvalue weighted by molar-refractivity contribution is -0.136. The lowest BCUT2D eigenvalue weighted by Crippen LogP contribution is -2.09. The molecule has 0 unspecified atom stereocenters. The van der Waals surface area contributed by atoms with Gasteiger partial charge in [-0.25, -0.2) is 0 Å². The van der Waals surface area contributed by atoms with E-state index < -0.39 is 5.97 Å². The minimum absolute atomic E-state index is 0.0958. The van der Waals surface area contributed by atoms with Crippen molar-refractivity contribution in [3.05, 3.63) is 17.5 Å². The maximum Gasteiger partial charge on any atom is 0.307 e. The average Bonchev–Trinajstić information content (AvgIpc) is 2.87. The van der Waals surface area contributed by atoms with E-state index in [1.165, 1.54) is 12.8 Å². The Balaban J connectivity index is 2.33. The number of carbonyl (C=O) groups is 1. The molecule has 0 atom stereocenters. The summed E-state index contributed by atoms with van der Waals surface area (Å²) < 4.78 is 1.97. The minimum atomic E-state index is -0.778. The summed E-state index contributed by atoms with van der Waals surface area (Å²) in [6.07, 6.45) is 4.15. The topological polar surface area (TPSA) is 55.1 Å². The van der Waals surface area contributed by atoms with Crippen LogP contribution in [0.15, 0.2) is 6.20 Å². The summed E-state index contributed by atoms with van der Waals surface area (Å²) in [6, 6.07) is 0.308. The third-order valence-electron chi connectivity index (χ3n) is 2.71. The first kappa shape index (κ1) is 10.2. The molecule has 1 heterocycles. The van der Waals surface area contributed by atoms with Crippen molar-refractivity contribution < 1.29 is 9.90 Å². The number of carboxylic acids is 1. The van der Waals surface area contributed by atoms with Gasteiger partial charge in [0.15, 0.2) is 0 Å². The van der Waals surface area contributed by atoms with Gasteiger partial charge in [-0.1, -0.05) is 0 Å². The van der Waals surface area contributed by atoms with Gasteiger partial charge < -0.3 is 5.11 Å². The number of rotatable bonds is 4. The maximum atomic E-state index is 10.7. The standard InChI is InChI=1S/C11H16N2O2/c1-7(2)13-11(8-3-4-8)9(6-12-13)5-10(14)15/h6-8H,3-5H2,1-2H3,(H,14,15). The van der Waals surface area contributed by atoms with Gasteiger partial charge in [-0.15, -0.1) is 0 Å². The average molecular weight is 208 g/mol. The Morgan fingerprint density at radius 2 is 2.33 bits per heavy atom. The minimum Gasteiger partial charge on any atom is -0.481 e. The first-order valence-electron chi connectivity index (χ1n) is 5.37. The van der Waals surface area contributed by atoms with Gasteiger partial charge >= 0.3 is 5.97 Å². The molecule has 4 heteroatoms. The lowest BCUT2D eigenvalue weighted by Gasteiger charge is -2.11. The van der Waals surface area contributed by atoms with Crippen LogP contribution >= 0.6 is 0 Å². The second-order valence-electron chi connectivity index (χ2n) is 4.44. The van der Waals surface area contributed by atoms with E-state index in [1.807, 2.05) is 4.68 Å². The predicted octanol–water partition coefficient (Wildman–Crippen LogP) is 1.97. The molecule has 1 aromatic heterocycles. The lowest BCUT2D eigenvalue weighted by atomic mass is 10.1. The van der Waals surface area contributed by atoms with Crippen molar-refractivity contribution in [1.29, 1.82) is 0 Å². The largest absolute Gasteiger partial charge is 0.481 e. The number of hydrogen-bond acceptors (Lipinski definition) is 2. The molecule has 2 rings (SSSR count). The molecular formula is C11H16N2O2. The molecule has 0 radical (unpaired) electrons. The Morgan fingerprint density at radius 1 is 1.67 bits per heavy atom. The number of hydrogen-bond donors (Lipinski definition) is 1. The SMILES string of the molecule is CC(C)n1ncc(CC(=O)O)c1C1CC1. The second-order valence-corrected chi connectivity index (χ2v) is 4.44. The van der Waals surface area contributed by atoms with Crippen LogP contribution in [0.1, 0.15) is 49.9 Å². The summed E-state index contributed by atoms with van der Waals surface area (Å²) in [5.74, 6) is -0.232. The van der Waals surface area contributed by atoms with E-state index >= 15 is 0 Å². The fourth-order valence-corrected chi connectivity index (χ4v) is 1.92. The highest BCUT2D eigenvalue weighted by Gasteiger charge is 2.31. The van der Waals surface area contributed by atoms with Gasteiger partial charge in [0.05, 0.1) is 12.6 Å². The molecule has 0 aromatic carbocycles. The normalized spacial score (nSPS) is 15.9. The van der Waals surface area contributed by atoms with Crippen molar-refractivity contribution >= 4 is 5.97 Å². The van der Waals surface area contributed by atoms with E-state index in [-0.39, 0.29) is 6.42 Å². The summed E-state index contributed by atoms with van der Waals surface area (Å²) in [7, 11) is 0. The molecule has 1 saturated carbocycles. The molecule has 1 fully saturated rings. The van der Waals surface area contributed by atoms with E-state index in [4.69, 9.17) is 5.11 Å². The molecule has 1 aromatic rings. The van der Waals surface area contributed by atoms with Gasteiger partial charge in [-0.3, -0.25) is 9.48 Å². The van der Waals surface area contributed by atoms with Gasteiger partial charge in [0.2, 0.25) is 0 Å². The van der Waals surface area contributed by atoms with Crippen molar-refractivity contribution in [2.45, 2.75) is 45.1 Å². The molecule has 82 valence electrons. The number of carboxylic acid groups (broad SMARTS) is 1. The van der Waals surface area contributed by atoms with E-state index in [2.05, 4.69) is 18.9 Å². The van der Waals surface area contributed by atoms with Crippen molar-refractivity contribution in [1.82, 2.24) is 9.78 Å². The molecule has 15 heavy (non-hydrogen) atoms. The molecule has 0 amide bonds. The van der Waals surface area contributed by atoms with Crippen LogP contribution in [0.3, 0.4) is 0 Å². The smallest absolute Gasteiger partial charge is 0.307 e. The maximum absolute atomic E-state index is 10.7. The quantitative estimate of drug-likeness (QED) is 0.823. The molecule has 0 saturated heterocycles. The fraction of sp³-hybridized carbons (Fsp3) is 0.636. The summed E-state index contributed by atoms with van der Waals surface area (Å²) in [5.41, 5.74) is 2.03. The molecule has 0 spiro atoms. The van der Waals surface area contributed by atoms with Gasteiger partial charge in [-0.2, -0.15) is 5.10 Å². The Morgan fingerprint density at radius 3 is 2.80 bits per heavy atom. The molecule has 1 aliphatic rings. The summed E-state index contributed by atoms with van der Waals surface area (Å²) in [6.45, 7) is 4.15. The first-order chi connectivity index (χ1) is 7.09. The van der Waals surface area contributed by atoms with Crippen LogP contribution in [0.2, 0.25) is 0 Å². The van der Waals surface area contributed by atoms with Gasteiger partial charge in [0.25, 0.3) is 0 Å². The highest BCUT2D eigenvalue weighted by atomic mass is 16.4. The van der Waals surface area contributed by atoms with E-state index in [0.29, 0.717) is 12.0 Å². The zero-order valence-corrected chi connectivity index (χ0v) is 9.10. The Hall–Kier alpha value is -1.32. The second kappa shape index (κ2) is 3.68. The molecule has 1 aliphatic carbocycles. The summed E-state index contributed by atoms with van der Waals surface area (Å²) in [5, 5.41) is 13.1. The van der Waals surface area contributed by atoms with Gasteiger partial charge in [-0.05, 0) is 26.7 Å². The van der Waals surface area contributed by atoms with E-state index in [1.54, 1.807) is 6.20 Å². The van der Waals surface area contributed by atoms with Crippen molar-refractivity contribution in [2.75, 3.05) is 0 Å². The Kier molecular flexibility index (Phi) is 2.50. The van der Waals surface area contributed by atoms with Crippen LogP contribution < -0.4 is 0 Å². The summed E-state index contributed by atoms with van der Waals surface area (Å²) in [4.78, 5) is 10.7. The molecule has 4 nitrogen and oxygen atoms in total.